The molecule has 0 aromatic heterocycles. The number of rotatable bonds is 8. The fourth-order valence-electron chi connectivity index (χ4n) is 3.42. The first-order valence-electron chi connectivity index (χ1n) is 10.1. The lowest BCUT2D eigenvalue weighted by atomic mass is 9.85. The summed E-state index contributed by atoms with van der Waals surface area (Å²) in [4.78, 5) is 14.2. The molecule has 1 atom stereocenters. The minimum absolute atomic E-state index is 0.00545. The average molecular weight is 471 g/mol. The van der Waals surface area contributed by atoms with Crippen molar-refractivity contribution in [3.63, 3.8) is 0 Å². The predicted molar refractivity (Wildman–Crippen MR) is 129 cm³/mol. The fourth-order valence-corrected chi connectivity index (χ4v) is 4.55. The Morgan fingerprint density at radius 3 is 2.47 bits per heavy atom. The number of nitrogens with one attached hydrogen (secondary N) is 1. The number of ether oxygens (including phenoxy) is 1. The molecule has 0 aliphatic carbocycles. The van der Waals surface area contributed by atoms with E-state index in [9.17, 15) is 4.79 Å². The van der Waals surface area contributed by atoms with Gasteiger partial charge in [-0.25, -0.2) is 0 Å². The molecule has 1 unspecified atom stereocenters. The van der Waals surface area contributed by atoms with Gasteiger partial charge in [-0.05, 0) is 52.5 Å². The summed E-state index contributed by atoms with van der Waals surface area (Å²) >= 11 is 14.3. The number of hydrogen-bond acceptors (Lipinski definition) is 4. The van der Waals surface area contributed by atoms with Crippen molar-refractivity contribution < 1.29 is 9.53 Å². The molecule has 1 aromatic carbocycles. The molecule has 1 heterocycles. The van der Waals surface area contributed by atoms with Crippen molar-refractivity contribution in [1.29, 1.82) is 0 Å². The number of carbonyl (C=O) groups excluding carboxylic acids is 1. The lowest BCUT2D eigenvalue weighted by molar-refractivity contribution is -0.128. The van der Waals surface area contributed by atoms with E-state index in [2.05, 4.69) is 38.7 Å². The lowest BCUT2D eigenvalue weighted by Gasteiger charge is -2.38. The Kier molecular flexibility index (Phi) is 9.16. The van der Waals surface area contributed by atoms with E-state index in [1.54, 1.807) is 31.0 Å². The number of piperidine rings is 1. The average Bonchev–Trinajstić information content (AvgIpc) is 2.68. The van der Waals surface area contributed by atoms with Crippen molar-refractivity contribution in [2.75, 3.05) is 19.7 Å². The summed E-state index contributed by atoms with van der Waals surface area (Å²) in [6, 6.07) is 3.68. The summed E-state index contributed by atoms with van der Waals surface area (Å²) in [7, 11) is 0. The second-order valence-electron chi connectivity index (χ2n) is 8.62. The second-order valence-corrected chi connectivity index (χ2v) is 11.1. The molecule has 2 rings (SSSR count). The van der Waals surface area contributed by atoms with Gasteiger partial charge < -0.3 is 9.64 Å². The highest BCUT2D eigenvalue weighted by molar-refractivity contribution is 7.98. The van der Waals surface area contributed by atoms with Crippen molar-refractivity contribution in [2.24, 2.45) is 5.92 Å². The van der Waals surface area contributed by atoms with Crippen LogP contribution in [0.1, 0.15) is 52.1 Å². The van der Waals surface area contributed by atoms with Gasteiger partial charge in [-0.15, -0.1) is 0 Å². The predicted octanol–water partition coefficient (Wildman–Crippen LogP) is 6.45. The van der Waals surface area contributed by atoms with E-state index in [-0.39, 0.29) is 16.7 Å². The summed E-state index contributed by atoms with van der Waals surface area (Å²) in [6.07, 6.45) is 3.46. The molecule has 4 nitrogen and oxygen atoms in total. The molecule has 1 amide bonds. The van der Waals surface area contributed by atoms with Crippen molar-refractivity contribution in [3.05, 3.63) is 52.5 Å². The molecule has 1 N–H and O–H groups in total. The van der Waals surface area contributed by atoms with Crippen LogP contribution in [-0.4, -0.2) is 35.3 Å². The van der Waals surface area contributed by atoms with Crippen molar-refractivity contribution in [1.82, 2.24) is 9.62 Å². The van der Waals surface area contributed by atoms with Crippen molar-refractivity contribution in [3.8, 4) is 5.75 Å². The van der Waals surface area contributed by atoms with Gasteiger partial charge in [0, 0.05) is 41.1 Å². The lowest BCUT2D eigenvalue weighted by Crippen LogP contribution is -2.41. The molecule has 0 bridgehead atoms. The Hall–Kier alpha value is -1.14. The van der Waals surface area contributed by atoms with Crippen LogP contribution >= 0.6 is 35.1 Å². The summed E-state index contributed by atoms with van der Waals surface area (Å²) < 4.78 is 9.63. The highest BCUT2D eigenvalue weighted by atomic mass is 35.5. The molecule has 7 heteroatoms. The number of likely N-dealkylation sites (tertiary alicyclic amines) is 1. The van der Waals surface area contributed by atoms with Gasteiger partial charge in [0.2, 0.25) is 5.91 Å². The van der Waals surface area contributed by atoms with Crippen LogP contribution < -0.4 is 9.46 Å². The minimum Gasteiger partial charge on any atom is -0.489 e. The first-order valence-corrected chi connectivity index (χ1v) is 11.7. The van der Waals surface area contributed by atoms with Crippen LogP contribution in [-0.2, 0) is 4.79 Å². The summed E-state index contributed by atoms with van der Waals surface area (Å²) in [5.74, 6) is 1.06. The maximum absolute atomic E-state index is 12.3. The third-order valence-electron chi connectivity index (χ3n) is 4.90. The van der Waals surface area contributed by atoms with Crippen LogP contribution in [0.15, 0.2) is 36.9 Å². The number of halogens is 2. The van der Waals surface area contributed by atoms with Crippen LogP contribution in [0.2, 0.25) is 10.0 Å². The van der Waals surface area contributed by atoms with Crippen LogP contribution in [0.4, 0.5) is 0 Å². The number of carbonyl (C=O) groups is 1. The number of amides is 1. The standard InChI is InChI=1S/C23H32Cl2N2O2S/c1-7-12-29-20-14-19(25)18(24)13-17(20)21(26-30-23(4,5)6)16-8-10-27(11-9-16)22(28)15(2)3/h7,13-14,16,21,26H,1-2,8-12H2,3-6H3. The van der Waals surface area contributed by atoms with Gasteiger partial charge >= 0.3 is 0 Å². The number of nitrogens with zero attached hydrogens (tertiary/aromatic N) is 1. The molecule has 0 spiro atoms. The molecular formula is C23H32Cl2N2O2S. The smallest absolute Gasteiger partial charge is 0.248 e. The molecule has 1 fully saturated rings. The summed E-state index contributed by atoms with van der Waals surface area (Å²) in [6.45, 7) is 17.6. The summed E-state index contributed by atoms with van der Waals surface area (Å²) in [5, 5.41) is 0.962. The molecule has 1 aliphatic rings. The SMILES string of the molecule is C=CCOc1cc(Cl)c(Cl)cc1C(NSC(C)(C)C)C1CCN(C(=O)C(=C)C)CC1. The van der Waals surface area contributed by atoms with Gasteiger partial charge in [0.25, 0.3) is 0 Å². The Bertz CT molecular complexity index is 784. The monoisotopic (exact) mass is 470 g/mol. The normalized spacial score (nSPS) is 16.3. The summed E-state index contributed by atoms with van der Waals surface area (Å²) in [5.41, 5.74) is 1.56. The van der Waals surface area contributed by atoms with E-state index >= 15 is 0 Å². The van der Waals surface area contributed by atoms with E-state index in [1.165, 1.54) is 0 Å². The molecular weight excluding hydrogens is 439 g/mol. The first kappa shape index (κ1) is 25.1. The minimum atomic E-state index is 0.00545. The van der Waals surface area contributed by atoms with Gasteiger partial charge in [0.05, 0.1) is 10.0 Å². The zero-order valence-electron chi connectivity index (χ0n) is 18.3. The molecule has 1 aliphatic heterocycles. The van der Waals surface area contributed by atoms with Gasteiger partial charge in [-0.1, -0.05) is 54.4 Å². The highest BCUT2D eigenvalue weighted by Crippen LogP contribution is 2.41. The molecule has 1 aromatic rings. The van der Waals surface area contributed by atoms with E-state index in [4.69, 9.17) is 27.9 Å². The van der Waals surface area contributed by atoms with Crippen molar-refractivity contribution >= 4 is 41.1 Å². The molecule has 0 radical (unpaired) electrons. The fraction of sp³-hybridized carbons (Fsp3) is 0.522. The van der Waals surface area contributed by atoms with Gasteiger partial charge in [-0.2, -0.15) is 0 Å². The molecule has 166 valence electrons. The van der Waals surface area contributed by atoms with Gasteiger partial charge in [0.15, 0.2) is 0 Å². The zero-order chi connectivity index (χ0) is 22.5. The Labute approximate surface area is 195 Å². The molecule has 30 heavy (non-hydrogen) atoms. The van der Waals surface area contributed by atoms with Crippen LogP contribution in [0.3, 0.4) is 0 Å². The maximum atomic E-state index is 12.3. The van der Waals surface area contributed by atoms with E-state index in [0.29, 0.717) is 47.0 Å². The maximum Gasteiger partial charge on any atom is 0.248 e. The largest absolute Gasteiger partial charge is 0.489 e. The zero-order valence-corrected chi connectivity index (χ0v) is 20.6. The quantitative estimate of drug-likeness (QED) is 0.269. The van der Waals surface area contributed by atoms with Crippen LogP contribution in [0.25, 0.3) is 0 Å². The third-order valence-corrected chi connectivity index (χ3v) is 6.61. The van der Waals surface area contributed by atoms with Crippen molar-refractivity contribution in [2.45, 2.75) is 51.3 Å². The van der Waals surface area contributed by atoms with E-state index in [1.807, 2.05) is 11.0 Å². The second kappa shape index (κ2) is 10.9. The topological polar surface area (TPSA) is 41.6 Å². The number of benzene rings is 1. The molecule has 1 saturated heterocycles. The Morgan fingerprint density at radius 2 is 1.93 bits per heavy atom. The van der Waals surface area contributed by atoms with E-state index in [0.717, 1.165) is 18.4 Å². The van der Waals surface area contributed by atoms with Crippen LogP contribution in [0.5, 0.6) is 5.75 Å². The first-order chi connectivity index (χ1) is 14.0. The van der Waals surface area contributed by atoms with Gasteiger partial charge in [-0.3, -0.25) is 9.52 Å². The van der Waals surface area contributed by atoms with Gasteiger partial charge in [0.1, 0.15) is 12.4 Å². The third kappa shape index (κ3) is 6.94. The van der Waals surface area contributed by atoms with Crippen LogP contribution in [0, 0.1) is 5.92 Å². The highest BCUT2D eigenvalue weighted by Gasteiger charge is 2.32. The Balaban J connectivity index is 2.32. The number of hydrogen-bond donors (Lipinski definition) is 1. The Morgan fingerprint density at radius 1 is 1.33 bits per heavy atom. The van der Waals surface area contributed by atoms with E-state index < -0.39 is 0 Å². The molecule has 0 saturated carbocycles.